The Hall–Kier alpha value is -1.32. The third-order valence-corrected chi connectivity index (χ3v) is 3.70. The van der Waals surface area contributed by atoms with Crippen LogP contribution in [0.3, 0.4) is 0 Å². The molecule has 0 heterocycles. The summed E-state index contributed by atoms with van der Waals surface area (Å²) in [4.78, 5) is 0. The Balaban J connectivity index is 1.80. The minimum atomic E-state index is 0.185. The SMILES string of the molecule is OCC(CCOc1ccccc1)Cc1cccc(Br)c1. The van der Waals surface area contributed by atoms with Crippen LogP contribution < -0.4 is 4.74 Å². The Morgan fingerprint density at radius 1 is 1.05 bits per heavy atom. The maximum atomic E-state index is 9.49. The zero-order valence-corrected chi connectivity index (χ0v) is 12.9. The largest absolute Gasteiger partial charge is 0.494 e. The molecule has 0 saturated heterocycles. The van der Waals surface area contributed by atoms with Crippen LogP contribution in [0.25, 0.3) is 0 Å². The van der Waals surface area contributed by atoms with Gasteiger partial charge in [0.25, 0.3) is 0 Å². The summed E-state index contributed by atoms with van der Waals surface area (Å²) in [7, 11) is 0. The summed E-state index contributed by atoms with van der Waals surface area (Å²) >= 11 is 3.47. The van der Waals surface area contributed by atoms with Gasteiger partial charge in [-0.15, -0.1) is 0 Å². The molecule has 0 radical (unpaired) electrons. The normalized spacial score (nSPS) is 12.1. The first-order valence-corrected chi connectivity index (χ1v) is 7.60. The van der Waals surface area contributed by atoms with Gasteiger partial charge in [0.1, 0.15) is 5.75 Å². The van der Waals surface area contributed by atoms with E-state index in [0.29, 0.717) is 6.61 Å². The molecule has 3 heteroatoms. The standard InChI is InChI=1S/C17H19BrO2/c18-16-6-4-5-14(12-16)11-15(13-19)9-10-20-17-7-2-1-3-8-17/h1-8,12,15,19H,9-11,13H2. The summed E-state index contributed by atoms with van der Waals surface area (Å²) in [5.41, 5.74) is 1.23. The van der Waals surface area contributed by atoms with E-state index < -0.39 is 0 Å². The summed E-state index contributed by atoms with van der Waals surface area (Å²) < 4.78 is 6.76. The molecule has 2 rings (SSSR count). The van der Waals surface area contributed by atoms with Crippen molar-refractivity contribution < 1.29 is 9.84 Å². The van der Waals surface area contributed by atoms with E-state index in [1.54, 1.807) is 0 Å². The Morgan fingerprint density at radius 3 is 2.55 bits per heavy atom. The average molecular weight is 335 g/mol. The monoisotopic (exact) mass is 334 g/mol. The number of ether oxygens (including phenoxy) is 1. The third-order valence-electron chi connectivity index (χ3n) is 3.21. The van der Waals surface area contributed by atoms with E-state index in [4.69, 9.17) is 4.74 Å². The third kappa shape index (κ3) is 4.99. The lowest BCUT2D eigenvalue weighted by Crippen LogP contribution is -2.14. The van der Waals surface area contributed by atoms with E-state index in [-0.39, 0.29) is 12.5 Å². The van der Waals surface area contributed by atoms with E-state index in [2.05, 4.69) is 28.1 Å². The van der Waals surface area contributed by atoms with Gasteiger partial charge in [0.05, 0.1) is 6.61 Å². The highest BCUT2D eigenvalue weighted by Gasteiger charge is 2.09. The number of para-hydroxylation sites is 1. The van der Waals surface area contributed by atoms with Crippen molar-refractivity contribution in [3.05, 3.63) is 64.6 Å². The fourth-order valence-electron chi connectivity index (χ4n) is 2.12. The molecule has 0 spiro atoms. The van der Waals surface area contributed by atoms with Crippen molar-refractivity contribution in [2.75, 3.05) is 13.2 Å². The van der Waals surface area contributed by atoms with Crippen LogP contribution >= 0.6 is 15.9 Å². The molecule has 1 unspecified atom stereocenters. The summed E-state index contributed by atoms with van der Waals surface area (Å²) in [5.74, 6) is 1.11. The predicted molar refractivity (Wildman–Crippen MR) is 85.0 cm³/mol. The molecule has 0 aliphatic carbocycles. The number of rotatable bonds is 7. The van der Waals surface area contributed by atoms with Gasteiger partial charge in [0.15, 0.2) is 0 Å². The van der Waals surface area contributed by atoms with Crippen LogP contribution in [-0.4, -0.2) is 18.3 Å². The van der Waals surface area contributed by atoms with Gasteiger partial charge in [0, 0.05) is 11.1 Å². The Labute approximate surface area is 128 Å². The molecule has 0 fully saturated rings. The second-order valence-corrected chi connectivity index (χ2v) is 5.75. The first kappa shape index (κ1) is 15.1. The summed E-state index contributed by atoms with van der Waals surface area (Å²) in [6, 6.07) is 18.0. The number of hydrogen-bond acceptors (Lipinski definition) is 2. The summed E-state index contributed by atoms with van der Waals surface area (Å²) in [5, 5.41) is 9.49. The van der Waals surface area contributed by atoms with Crippen LogP contribution in [0.1, 0.15) is 12.0 Å². The maximum absolute atomic E-state index is 9.49. The second-order valence-electron chi connectivity index (χ2n) is 4.83. The lowest BCUT2D eigenvalue weighted by Gasteiger charge is -2.15. The molecular formula is C17H19BrO2. The molecule has 0 aromatic heterocycles. The van der Waals surface area contributed by atoms with Crippen molar-refractivity contribution in [1.29, 1.82) is 0 Å². The van der Waals surface area contributed by atoms with Crippen LogP contribution in [0.5, 0.6) is 5.75 Å². The number of aliphatic hydroxyl groups is 1. The quantitative estimate of drug-likeness (QED) is 0.827. The highest BCUT2D eigenvalue weighted by Crippen LogP contribution is 2.17. The van der Waals surface area contributed by atoms with E-state index in [1.165, 1.54) is 5.56 Å². The van der Waals surface area contributed by atoms with Crippen molar-refractivity contribution >= 4 is 15.9 Å². The van der Waals surface area contributed by atoms with Gasteiger partial charge >= 0.3 is 0 Å². The molecule has 2 aromatic rings. The Kier molecular flexibility index (Phi) is 6.09. The fraction of sp³-hybridized carbons (Fsp3) is 0.294. The minimum absolute atomic E-state index is 0.185. The van der Waals surface area contributed by atoms with Gasteiger partial charge < -0.3 is 9.84 Å². The zero-order valence-electron chi connectivity index (χ0n) is 11.3. The van der Waals surface area contributed by atoms with Crippen molar-refractivity contribution in [2.24, 2.45) is 5.92 Å². The fourth-order valence-corrected chi connectivity index (χ4v) is 2.56. The molecule has 106 valence electrons. The molecule has 0 aliphatic rings. The Bertz CT molecular complexity index is 513. The van der Waals surface area contributed by atoms with Gasteiger partial charge in [-0.3, -0.25) is 0 Å². The van der Waals surface area contributed by atoms with E-state index in [0.717, 1.165) is 23.1 Å². The highest BCUT2D eigenvalue weighted by atomic mass is 79.9. The molecular weight excluding hydrogens is 316 g/mol. The number of halogens is 1. The smallest absolute Gasteiger partial charge is 0.119 e. The lowest BCUT2D eigenvalue weighted by atomic mass is 9.97. The lowest BCUT2D eigenvalue weighted by molar-refractivity contribution is 0.190. The van der Waals surface area contributed by atoms with Gasteiger partial charge in [-0.05, 0) is 48.6 Å². The first-order chi connectivity index (χ1) is 9.78. The maximum Gasteiger partial charge on any atom is 0.119 e. The molecule has 0 bridgehead atoms. The summed E-state index contributed by atoms with van der Waals surface area (Å²) in [6.07, 6.45) is 1.71. The van der Waals surface area contributed by atoms with E-state index in [1.807, 2.05) is 42.5 Å². The second kappa shape index (κ2) is 8.08. The number of hydrogen-bond donors (Lipinski definition) is 1. The predicted octanol–water partition coefficient (Wildman–Crippen LogP) is 4.07. The molecule has 1 N–H and O–H groups in total. The van der Waals surface area contributed by atoms with Crippen molar-refractivity contribution in [2.45, 2.75) is 12.8 Å². The molecule has 1 atom stereocenters. The van der Waals surface area contributed by atoms with E-state index >= 15 is 0 Å². The van der Waals surface area contributed by atoms with E-state index in [9.17, 15) is 5.11 Å². The zero-order chi connectivity index (χ0) is 14.2. The van der Waals surface area contributed by atoms with Crippen molar-refractivity contribution in [1.82, 2.24) is 0 Å². The Morgan fingerprint density at radius 2 is 1.85 bits per heavy atom. The van der Waals surface area contributed by atoms with Gasteiger partial charge in [-0.25, -0.2) is 0 Å². The average Bonchev–Trinajstić information content (AvgIpc) is 2.47. The van der Waals surface area contributed by atoms with Crippen molar-refractivity contribution in [3.8, 4) is 5.75 Å². The van der Waals surface area contributed by atoms with Crippen LogP contribution in [0.4, 0.5) is 0 Å². The number of aliphatic hydroxyl groups excluding tert-OH is 1. The van der Waals surface area contributed by atoms with Gasteiger partial charge in [-0.1, -0.05) is 46.3 Å². The van der Waals surface area contributed by atoms with Crippen molar-refractivity contribution in [3.63, 3.8) is 0 Å². The first-order valence-electron chi connectivity index (χ1n) is 6.81. The number of benzene rings is 2. The topological polar surface area (TPSA) is 29.5 Å². The molecule has 0 aliphatic heterocycles. The van der Waals surface area contributed by atoms with Crippen LogP contribution in [-0.2, 0) is 6.42 Å². The molecule has 20 heavy (non-hydrogen) atoms. The molecule has 0 amide bonds. The molecule has 0 saturated carbocycles. The molecule has 2 aromatic carbocycles. The van der Waals surface area contributed by atoms with Gasteiger partial charge in [-0.2, -0.15) is 0 Å². The summed E-state index contributed by atoms with van der Waals surface area (Å²) in [6.45, 7) is 0.813. The minimum Gasteiger partial charge on any atom is -0.494 e. The molecule has 2 nitrogen and oxygen atoms in total. The van der Waals surface area contributed by atoms with Crippen LogP contribution in [0.2, 0.25) is 0 Å². The van der Waals surface area contributed by atoms with Crippen LogP contribution in [0.15, 0.2) is 59.1 Å². The highest BCUT2D eigenvalue weighted by molar-refractivity contribution is 9.10. The van der Waals surface area contributed by atoms with Gasteiger partial charge in [0.2, 0.25) is 0 Å². The van der Waals surface area contributed by atoms with Crippen LogP contribution in [0, 0.1) is 5.92 Å².